The first-order chi connectivity index (χ1) is 15.2. The number of esters is 1. The van der Waals surface area contributed by atoms with Crippen LogP contribution in [0.4, 0.5) is 5.69 Å². The second-order valence-electron chi connectivity index (χ2n) is 7.40. The van der Waals surface area contributed by atoms with Gasteiger partial charge in [-0.2, -0.15) is 0 Å². The van der Waals surface area contributed by atoms with Crippen LogP contribution in [0.5, 0.6) is 0 Å². The minimum Gasteiger partial charge on any atom is -0.462 e. The molecule has 7 nitrogen and oxygen atoms in total. The number of aromatic nitrogens is 1. The summed E-state index contributed by atoms with van der Waals surface area (Å²) in [7, 11) is 0. The first-order valence-electron chi connectivity index (χ1n) is 10.2. The zero-order chi connectivity index (χ0) is 23.4. The molecule has 0 amide bonds. The first-order valence-corrected chi connectivity index (χ1v) is 10.2. The molecule has 3 rings (SSSR count). The minimum atomic E-state index is -0.732. The standard InChI is InChI=1S/C25H24N2O5/c1-5-32-25(29)22-12-11-21(15-23(22)27(30)31)26-17(3)14-20(18(26)4)10-13-24(28)19-8-6-16(2)7-9-19/h6-15H,5H2,1-4H3/b13-10+. The molecule has 0 atom stereocenters. The van der Waals surface area contributed by atoms with Crippen molar-refractivity contribution in [3.8, 4) is 5.69 Å². The summed E-state index contributed by atoms with van der Waals surface area (Å²) < 4.78 is 6.77. The third-order valence-electron chi connectivity index (χ3n) is 5.15. The van der Waals surface area contributed by atoms with Crippen LogP contribution in [0.1, 0.15) is 50.2 Å². The summed E-state index contributed by atoms with van der Waals surface area (Å²) >= 11 is 0. The maximum absolute atomic E-state index is 12.5. The maximum Gasteiger partial charge on any atom is 0.345 e. The number of benzene rings is 2. The molecule has 0 spiro atoms. The van der Waals surface area contributed by atoms with Gasteiger partial charge in [-0.25, -0.2) is 4.79 Å². The van der Waals surface area contributed by atoms with Gasteiger partial charge in [-0.15, -0.1) is 0 Å². The molecule has 164 valence electrons. The van der Waals surface area contributed by atoms with E-state index in [1.807, 2.05) is 43.5 Å². The van der Waals surface area contributed by atoms with E-state index in [4.69, 9.17) is 4.74 Å². The van der Waals surface area contributed by atoms with Crippen LogP contribution < -0.4 is 0 Å². The predicted molar refractivity (Wildman–Crippen MR) is 122 cm³/mol. The molecular formula is C25H24N2O5. The summed E-state index contributed by atoms with van der Waals surface area (Å²) in [6.45, 7) is 7.47. The molecule has 0 fully saturated rings. The summed E-state index contributed by atoms with van der Waals surface area (Å²) in [5.74, 6) is -0.839. The monoisotopic (exact) mass is 432 g/mol. The summed E-state index contributed by atoms with van der Waals surface area (Å²) in [5, 5.41) is 11.6. The number of carbonyl (C=O) groups excluding carboxylic acids is 2. The first kappa shape index (κ1) is 22.7. The van der Waals surface area contributed by atoms with Crippen LogP contribution in [-0.2, 0) is 4.74 Å². The number of rotatable bonds is 7. The van der Waals surface area contributed by atoms with E-state index in [2.05, 4.69) is 0 Å². The summed E-state index contributed by atoms with van der Waals surface area (Å²) in [5.41, 5.74) is 4.29. The number of ether oxygens (including phenoxy) is 1. The third kappa shape index (κ3) is 4.67. The van der Waals surface area contributed by atoms with Gasteiger partial charge < -0.3 is 9.30 Å². The van der Waals surface area contributed by atoms with E-state index in [0.717, 1.165) is 22.5 Å². The molecule has 32 heavy (non-hydrogen) atoms. The highest BCUT2D eigenvalue weighted by Gasteiger charge is 2.23. The minimum absolute atomic E-state index is 0.0909. The zero-order valence-electron chi connectivity index (χ0n) is 18.4. The Morgan fingerprint density at radius 2 is 1.75 bits per heavy atom. The topological polar surface area (TPSA) is 91.4 Å². The fraction of sp³-hybridized carbons (Fsp3) is 0.200. The van der Waals surface area contributed by atoms with Crippen LogP contribution in [0.2, 0.25) is 0 Å². The maximum atomic E-state index is 12.5. The summed E-state index contributed by atoms with van der Waals surface area (Å²) in [6, 6.07) is 13.7. The highest BCUT2D eigenvalue weighted by atomic mass is 16.6. The van der Waals surface area contributed by atoms with Gasteiger partial charge in [0.25, 0.3) is 5.69 Å². The van der Waals surface area contributed by atoms with Gasteiger partial charge in [0, 0.05) is 23.0 Å². The van der Waals surface area contributed by atoms with Crippen LogP contribution in [0, 0.1) is 30.9 Å². The number of hydrogen-bond acceptors (Lipinski definition) is 5. The Bertz CT molecular complexity index is 1220. The number of hydrogen-bond donors (Lipinski definition) is 0. The molecular weight excluding hydrogens is 408 g/mol. The molecule has 0 aliphatic rings. The second-order valence-corrected chi connectivity index (χ2v) is 7.40. The van der Waals surface area contributed by atoms with Gasteiger partial charge in [-0.1, -0.05) is 29.8 Å². The lowest BCUT2D eigenvalue weighted by atomic mass is 10.1. The van der Waals surface area contributed by atoms with Gasteiger partial charge >= 0.3 is 5.97 Å². The van der Waals surface area contributed by atoms with Gasteiger partial charge in [0.05, 0.1) is 17.2 Å². The van der Waals surface area contributed by atoms with Crippen LogP contribution in [-0.4, -0.2) is 27.8 Å². The van der Waals surface area contributed by atoms with Crippen molar-refractivity contribution in [1.82, 2.24) is 4.57 Å². The Morgan fingerprint density at radius 3 is 2.38 bits per heavy atom. The molecule has 0 unspecified atom stereocenters. The largest absolute Gasteiger partial charge is 0.462 e. The van der Waals surface area contributed by atoms with E-state index >= 15 is 0 Å². The SMILES string of the molecule is CCOC(=O)c1ccc(-n2c(C)cc(/C=C/C(=O)c3ccc(C)cc3)c2C)cc1[N+](=O)[O-]. The lowest BCUT2D eigenvalue weighted by Gasteiger charge is -2.11. The summed E-state index contributed by atoms with van der Waals surface area (Å²) in [4.78, 5) is 35.5. The van der Waals surface area contributed by atoms with Crippen molar-refractivity contribution >= 4 is 23.5 Å². The van der Waals surface area contributed by atoms with Crippen molar-refractivity contribution in [2.24, 2.45) is 0 Å². The Labute approximate surface area is 186 Å². The van der Waals surface area contributed by atoms with Gasteiger partial charge in [0.1, 0.15) is 5.56 Å². The Balaban J connectivity index is 1.96. The number of nitro groups is 1. The number of ketones is 1. The van der Waals surface area contributed by atoms with Crippen LogP contribution >= 0.6 is 0 Å². The molecule has 0 radical (unpaired) electrons. The molecule has 0 saturated carbocycles. The average Bonchev–Trinajstić information content (AvgIpc) is 3.05. The number of carbonyl (C=O) groups is 2. The van der Waals surface area contributed by atoms with E-state index in [1.54, 1.807) is 31.2 Å². The van der Waals surface area contributed by atoms with Crippen LogP contribution in [0.25, 0.3) is 11.8 Å². The van der Waals surface area contributed by atoms with Crippen molar-refractivity contribution in [3.63, 3.8) is 0 Å². The predicted octanol–water partition coefficient (Wildman–Crippen LogP) is 5.38. The van der Waals surface area contributed by atoms with Crippen molar-refractivity contribution in [1.29, 1.82) is 0 Å². The van der Waals surface area contributed by atoms with E-state index in [0.29, 0.717) is 11.3 Å². The lowest BCUT2D eigenvalue weighted by Crippen LogP contribution is -2.09. The van der Waals surface area contributed by atoms with Crippen molar-refractivity contribution < 1.29 is 19.2 Å². The Hall–Kier alpha value is -4.00. The molecule has 0 aliphatic carbocycles. The normalized spacial score (nSPS) is 11.0. The Morgan fingerprint density at radius 1 is 1.06 bits per heavy atom. The van der Waals surface area contributed by atoms with Crippen LogP contribution in [0.3, 0.4) is 0 Å². The van der Waals surface area contributed by atoms with E-state index in [1.165, 1.54) is 18.2 Å². The van der Waals surface area contributed by atoms with Crippen molar-refractivity contribution in [2.45, 2.75) is 27.7 Å². The third-order valence-corrected chi connectivity index (χ3v) is 5.15. The Kier molecular flexibility index (Phi) is 6.68. The smallest absolute Gasteiger partial charge is 0.345 e. The fourth-order valence-corrected chi connectivity index (χ4v) is 3.52. The van der Waals surface area contributed by atoms with Gasteiger partial charge in [-0.05, 0) is 63.6 Å². The number of nitro benzene ring substituents is 1. The van der Waals surface area contributed by atoms with E-state index in [9.17, 15) is 19.7 Å². The molecule has 0 N–H and O–H groups in total. The molecule has 0 saturated heterocycles. The van der Waals surface area contributed by atoms with Crippen molar-refractivity contribution in [2.75, 3.05) is 6.61 Å². The molecule has 2 aromatic carbocycles. The lowest BCUT2D eigenvalue weighted by molar-refractivity contribution is -0.385. The fourth-order valence-electron chi connectivity index (χ4n) is 3.52. The van der Waals surface area contributed by atoms with Crippen molar-refractivity contribution in [3.05, 3.63) is 98.4 Å². The number of allylic oxidation sites excluding steroid dienone is 1. The molecule has 1 aromatic heterocycles. The van der Waals surface area contributed by atoms with Gasteiger partial charge in [0.2, 0.25) is 0 Å². The van der Waals surface area contributed by atoms with Crippen LogP contribution in [0.15, 0.2) is 54.6 Å². The van der Waals surface area contributed by atoms with E-state index in [-0.39, 0.29) is 23.6 Å². The highest BCUT2D eigenvalue weighted by molar-refractivity contribution is 6.06. The zero-order valence-corrected chi connectivity index (χ0v) is 18.4. The average molecular weight is 432 g/mol. The molecule has 7 heteroatoms. The number of aryl methyl sites for hydroxylation is 2. The molecule has 0 aliphatic heterocycles. The van der Waals surface area contributed by atoms with Gasteiger partial charge in [-0.3, -0.25) is 14.9 Å². The highest BCUT2D eigenvalue weighted by Crippen LogP contribution is 2.27. The second kappa shape index (κ2) is 9.43. The molecule has 0 bridgehead atoms. The summed E-state index contributed by atoms with van der Waals surface area (Å²) in [6.07, 6.45) is 3.26. The molecule has 1 heterocycles. The number of nitrogens with zero attached hydrogens (tertiary/aromatic N) is 2. The quantitative estimate of drug-likeness (QED) is 0.164. The molecule has 3 aromatic rings. The van der Waals surface area contributed by atoms with Gasteiger partial charge in [0.15, 0.2) is 5.78 Å². The van der Waals surface area contributed by atoms with E-state index < -0.39 is 10.9 Å².